The third kappa shape index (κ3) is 3.34. The number of rotatable bonds is 2. The summed E-state index contributed by atoms with van der Waals surface area (Å²) < 4.78 is 40.6. The van der Waals surface area contributed by atoms with Crippen molar-refractivity contribution in [2.45, 2.75) is 61.8 Å². The molecule has 2 aliphatic carbocycles. The van der Waals surface area contributed by atoms with Crippen LogP contribution in [-0.4, -0.2) is 69.9 Å². The third-order valence-electron chi connectivity index (χ3n) is 8.10. The molecule has 1 aromatic rings. The number of alkyl halides is 3. The van der Waals surface area contributed by atoms with Crippen LogP contribution < -0.4 is 0 Å². The van der Waals surface area contributed by atoms with Crippen molar-refractivity contribution in [3.63, 3.8) is 0 Å². The van der Waals surface area contributed by atoms with Gasteiger partial charge in [0.25, 0.3) is 0 Å². The second-order valence-electron chi connectivity index (χ2n) is 9.76. The van der Waals surface area contributed by atoms with Gasteiger partial charge in [-0.2, -0.15) is 13.2 Å². The van der Waals surface area contributed by atoms with E-state index in [1.807, 2.05) is 6.07 Å². The van der Waals surface area contributed by atoms with Crippen LogP contribution in [0.4, 0.5) is 13.2 Å². The highest BCUT2D eigenvalue weighted by Gasteiger charge is 2.64. The summed E-state index contributed by atoms with van der Waals surface area (Å²) >= 11 is 6.93. The van der Waals surface area contributed by atoms with Crippen LogP contribution in [0.3, 0.4) is 0 Å². The Morgan fingerprint density at radius 1 is 1.16 bits per heavy atom. The van der Waals surface area contributed by atoms with Crippen molar-refractivity contribution in [1.82, 2.24) is 9.80 Å². The summed E-state index contributed by atoms with van der Waals surface area (Å²) in [6.07, 6.45) is -1.21. The number of hydrogen-bond acceptors (Lipinski definition) is 4. The lowest BCUT2D eigenvalue weighted by atomic mass is 9.52. The SMILES string of the molecule is O=C(N1CCC23CCN(CC4CC4)C(Cc4cc(Br)c(O)c(Br)c42)C3(O)CC1)C(F)(F)F. The van der Waals surface area contributed by atoms with Gasteiger partial charge in [-0.25, -0.2) is 0 Å². The first-order valence-corrected chi connectivity index (χ1v) is 12.6. The van der Waals surface area contributed by atoms with E-state index < -0.39 is 23.1 Å². The van der Waals surface area contributed by atoms with Crippen molar-refractivity contribution >= 4 is 37.8 Å². The number of carbonyl (C=O) groups excluding carboxylic acids is 1. The molecule has 32 heavy (non-hydrogen) atoms. The average Bonchev–Trinajstić information content (AvgIpc) is 3.54. The molecule has 5 rings (SSSR count). The highest BCUT2D eigenvalue weighted by atomic mass is 79.9. The second kappa shape index (κ2) is 7.58. The Morgan fingerprint density at radius 3 is 2.47 bits per heavy atom. The van der Waals surface area contributed by atoms with Gasteiger partial charge in [0.05, 0.1) is 14.5 Å². The Bertz CT molecular complexity index is 971. The van der Waals surface area contributed by atoms with E-state index in [0.29, 0.717) is 27.7 Å². The van der Waals surface area contributed by atoms with Crippen LogP contribution in [0, 0.1) is 5.92 Å². The van der Waals surface area contributed by atoms with Crippen LogP contribution in [0.5, 0.6) is 5.75 Å². The summed E-state index contributed by atoms with van der Waals surface area (Å²) in [6.45, 7) is 1.39. The number of phenolic OH excluding ortho intramolecular Hbond substituents is 1. The highest BCUT2D eigenvalue weighted by Crippen LogP contribution is 2.59. The molecule has 0 radical (unpaired) electrons. The molecule has 0 aromatic heterocycles. The number of nitrogens with zero attached hydrogens (tertiary/aromatic N) is 2. The quantitative estimate of drug-likeness (QED) is 0.552. The van der Waals surface area contributed by atoms with Gasteiger partial charge in [0.15, 0.2) is 0 Å². The second-order valence-corrected chi connectivity index (χ2v) is 11.4. The molecular weight excluding hydrogens is 557 g/mol. The van der Waals surface area contributed by atoms with Crippen LogP contribution in [0.2, 0.25) is 0 Å². The minimum Gasteiger partial charge on any atom is -0.506 e. The normalized spacial score (nSPS) is 32.8. The lowest BCUT2D eigenvalue weighted by Crippen LogP contribution is -2.71. The van der Waals surface area contributed by atoms with Gasteiger partial charge in [-0.1, -0.05) is 0 Å². The molecule has 1 amide bonds. The first kappa shape index (κ1) is 22.9. The molecule has 2 aliphatic heterocycles. The van der Waals surface area contributed by atoms with Crippen molar-refractivity contribution in [2.75, 3.05) is 26.2 Å². The zero-order valence-corrected chi connectivity index (χ0v) is 20.6. The molecule has 4 aliphatic rings. The summed E-state index contributed by atoms with van der Waals surface area (Å²) in [6, 6.07) is 1.63. The number of halogens is 5. The van der Waals surface area contributed by atoms with E-state index >= 15 is 0 Å². The molecule has 3 unspecified atom stereocenters. The van der Waals surface area contributed by atoms with E-state index in [4.69, 9.17) is 0 Å². The summed E-state index contributed by atoms with van der Waals surface area (Å²) in [7, 11) is 0. The Morgan fingerprint density at radius 2 is 1.81 bits per heavy atom. The van der Waals surface area contributed by atoms with Crippen molar-refractivity contribution in [1.29, 1.82) is 0 Å². The number of piperidine rings is 1. The van der Waals surface area contributed by atoms with Crippen molar-refractivity contribution in [3.8, 4) is 5.75 Å². The van der Waals surface area contributed by atoms with E-state index in [1.165, 1.54) is 12.8 Å². The molecule has 1 aromatic carbocycles. The smallest absolute Gasteiger partial charge is 0.471 e. The van der Waals surface area contributed by atoms with Crippen LogP contribution in [0.25, 0.3) is 0 Å². The number of fused-ring (bicyclic) bond motifs is 1. The number of hydrogen-bond donors (Lipinski definition) is 2. The van der Waals surface area contributed by atoms with E-state index in [-0.39, 0.29) is 37.7 Å². The van der Waals surface area contributed by atoms with Crippen molar-refractivity contribution < 1.29 is 28.2 Å². The molecule has 176 valence electrons. The molecule has 2 saturated heterocycles. The lowest BCUT2D eigenvalue weighted by molar-refractivity contribution is -0.185. The lowest BCUT2D eigenvalue weighted by Gasteiger charge is -2.61. The molecule has 5 nitrogen and oxygen atoms in total. The van der Waals surface area contributed by atoms with Crippen molar-refractivity contribution in [3.05, 3.63) is 26.1 Å². The monoisotopic (exact) mass is 580 g/mol. The zero-order chi connectivity index (χ0) is 23.1. The Balaban J connectivity index is 1.63. The molecule has 3 atom stereocenters. The van der Waals surface area contributed by atoms with Gasteiger partial charge in [0.1, 0.15) is 5.75 Å². The van der Waals surface area contributed by atoms with E-state index in [1.54, 1.807) is 0 Å². The maximum Gasteiger partial charge on any atom is 0.471 e. The zero-order valence-electron chi connectivity index (χ0n) is 17.4. The van der Waals surface area contributed by atoms with Crippen LogP contribution in [-0.2, 0) is 16.6 Å². The Hall–Kier alpha value is -0.840. The van der Waals surface area contributed by atoms with Gasteiger partial charge in [0.2, 0.25) is 0 Å². The van der Waals surface area contributed by atoms with Crippen LogP contribution in [0.1, 0.15) is 43.2 Å². The molecule has 2 heterocycles. The Labute approximate surface area is 201 Å². The van der Waals surface area contributed by atoms with Gasteiger partial charge < -0.3 is 15.1 Å². The number of likely N-dealkylation sites (tertiary alicyclic amines) is 2. The number of amides is 1. The summed E-state index contributed by atoms with van der Waals surface area (Å²) in [5.41, 5.74) is -0.379. The fourth-order valence-electron chi connectivity index (χ4n) is 6.36. The van der Waals surface area contributed by atoms with E-state index in [9.17, 15) is 28.2 Å². The van der Waals surface area contributed by atoms with Gasteiger partial charge in [-0.15, -0.1) is 0 Å². The maximum absolute atomic E-state index is 13.2. The van der Waals surface area contributed by atoms with Gasteiger partial charge in [0, 0.05) is 31.1 Å². The minimum absolute atomic E-state index is 0.0202. The predicted molar refractivity (Wildman–Crippen MR) is 118 cm³/mol. The summed E-state index contributed by atoms with van der Waals surface area (Å²) in [4.78, 5) is 15.2. The minimum atomic E-state index is -4.94. The third-order valence-corrected chi connectivity index (χ3v) is 9.48. The molecule has 3 fully saturated rings. The fourth-order valence-corrected chi connectivity index (χ4v) is 7.95. The van der Waals surface area contributed by atoms with Crippen LogP contribution in [0.15, 0.2) is 15.0 Å². The summed E-state index contributed by atoms with van der Waals surface area (Å²) in [5.74, 6) is -1.22. The standard InChI is InChI=1S/C22H25Br2F3N2O3/c23-14-9-13-10-15-21(32)5-8-28(19(31)22(25,26)27)6-3-20(21,16(13)17(24)18(14)30)4-7-29(15)11-12-1-2-12/h9,12,15,30,32H,1-8,10-11H2. The predicted octanol–water partition coefficient (Wildman–Crippen LogP) is 4.11. The average molecular weight is 582 g/mol. The number of aromatic hydroxyl groups is 1. The first-order chi connectivity index (χ1) is 15.0. The number of phenols is 1. The van der Waals surface area contributed by atoms with Gasteiger partial charge >= 0.3 is 12.1 Å². The molecular formula is C22H25Br2F3N2O3. The molecule has 2 N–H and O–H groups in total. The molecule has 1 saturated carbocycles. The summed E-state index contributed by atoms with van der Waals surface area (Å²) in [5, 5.41) is 22.9. The molecule has 2 bridgehead atoms. The van der Waals surface area contributed by atoms with Gasteiger partial charge in [-0.05, 0) is 100 Å². The van der Waals surface area contributed by atoms with E-state index in [2.05, 4.69) is 36.8 Å². The van der Waals surface area contributed by atoms with Crippen molar-refractivity contribution in [2.24, 2.45) is 5.92 Å². The largest absolute Gasteiger partial charge is 0.506 e. The topological polar surface area (TPSA) is 64.0 Å². The number of aliphatic hydroxyl groups is 1. The first-order valence-electron chi connectivity index (χ1n) is 11.0. The van der Waals surface area contributed by atoms with Gasteiger partial charge in [-0.3, -0.25) is 9.69 Å². The molecule has 10 heteroatoms. The van der Waals surface area contributed by atoms with E-state index in [0.717, 1.165) is 29.1 Å². The number of benzene rings is 1. The highest BCUT2D eigenvalue weighted by molar-refractivity contribution is 9.11. The maximum atomic E-state index is 13.2. The number of carbonyl (C=O) groups is 1. The Kier molecular flexibility index (Phi) is 5.43. The fraction of sp³-hybridized carbons (Fsp3) is 0.682. The van der Waals surface area contributed by atoms with Crippen LogP contribution >= 0.6 is 31.9 Å². The molecule has 0 spiro atoms.